The van der Waals surface area contributed by atoms with E-state index in [-0.39, 0.29) is 34.3 Å². The van der Waals surface area contributed by atoms with E-state index < -0.39 is 23.2 Å². The summed E-state index contributed by atoms with van der Waals surface area (Å²) < 4.78 is 74.0. The van der Waals surface area contributed by atoms with Crippen LogP contribution >= 0.6 is 0 Å². The Labute approximate surface area is 413 Å². The van der Waals surface area contributed by atoms with Crippen molar-refractivity contribution in [3.8, 4) is 52.1 Å². The number of ketones is 1. The number of carbonyl (C=O) groups is 1. The number of benzene rings is 8. The van der Waals surface area contributed by atoms with Gasteiger partial charge in [0.05, 0.1) is 45.7 Å². The summed E-state index contributed by atoms with van der Waals surface area (Å²) in [6, 6.07) is 51.6. The van der Waals surface area contributed by atoms with Gasteiger partial charge in [-0.1, -0.05) is 0 Å². The molecular formula is C58H42F2N2O10. The minimum atomic E-state index is -1.13. The lowest BCUT2D eigenvalue weighted by molar-refractivity contribution is -0.130. The summed E-state index contributed by atoms with van der Waals surface area (Å²) in [4.78, 5) is 16.2. The Morgan fingerprint density at radius 2 is 0.917 bits per heavy atom. The number of hydrogen-bond acceptors (Lipinski definition) is 11. The van der Waals surface area contributed by atoms with Crippen LogP contribution in [-0.4, -0.2) is 44.4 Å². The first-order valence-electron chi connectivity index (χ1n) is 22.4. The highest BCUT2D eigenvalue weighted by Crippen LogP contribution is 2.42. The number of rotatable bonds is 13. The maximum absolute atomic E-state index is 13.7. The van der Waals surface area contributed by atoms with Crippen molar-refractivity contribution < 1.29 is 56.6 Å². The van der Waals surface area contributed by atoms with Gasteiger partial charge in [0.1, 0.15) is 63.7 Å². The van der Waals surface area contributed by atoms with E-state index >= 15 is 0 Å². The van der Waals surface area contributed by atoms with Crippen LogP contribution in [0.4, 0.5) is 14.5 Å². The summed E-state index contributed by atoms with van der Waals surface area (Å²) >= 11 is 0. The highest BCUT2D eigenvalue weighted by molar-refractivity contribution is 6.09. The van der Waals surface area contributed by atoms with E-state index in [1.54, 1.807) is 116 Å². The molecule has 0 radical (unpaired) electrons. The molecule has 0 spiro atoms. The van der Waals surface area contributed by atoms with Gasteiger partial charge in [-0.2, -0.15) is 5.26 Å². The fourth-order valence-electron chi connectivity index (χ4n) is 8.04. The number of halogens is 2. The molecule has 72 heavy (non-hydrogen) atoms. The number of nitriles is 1. The van der Waals surface area contributed by atoms with Crippen molar-refractivity contribution in [3.05, 3.63) is 244 Å². The average molecular weight is 965 g/mol. The summed E-state index contributed by atoms with van der Waals surface area (Å²) in [6.07, 6.45) is 0. The SMILES string of the molecule is COc1ccc(C(=O)c2ccc(Oc3ccc(C4(c5ccc(Oc6cc(F)ccc6C#N)cc5)OCCO4)cc3)cc2)cc1.[C-]#[N+]c1ccc(F)cc1Oc1ccc(C2(c3ccc(O)cc3)OCCO2)cc1. The summed E-state index contributed by atoms with van der Waals surface area (Å²) in [5, 5.41) is 18.9. The second-order valence-corrected chi connectivity index (χ2v) is 16.1. The van der Waals surface area contributed by atoms with Crippen LogP contribution in [0.3, 0.4) is 0 Å². The van der Waals surface area contributed by atoms with Crippen LogP contribution in [0.2, 0.25) is 0 Å². The van der Waals surface area contributed by atoms with E-state index in [0.717, 1.165) is 22.3 Å². The van der Waals surface area contributed by atoms with Gasteiger partial charge in [0.15, 0.2) is 5.78 Å². The highest BCUT2D eigenvalue weighted by atomic mass is 19.1. The fraction of sp³-hybridized carbons (Fsp3) is 0.121. The van der Waals surface area contributed by atoms with Crippen LogP contribution in [0, 0.1) is 29.5 Å². The Morgan fingerprint density at radius 1 is 0.542 bits per heavy atom. The maximum Gasteiger partial charge on any atom is 0.228 e. The van der Waals surface area contributed by atoms with E-state index in [1.807, 2.05) is 42.5 Å². The Kier molecular flexibility index (Phi) is 14.3. The van der Waals surface area contributed by atoms with Crippen molar-refractivity contribution >= 4 is 11.5 Å². The van der Waals surface area contributed by atoms with Crippen LogP contribution in [-0.2, 0) is 30.5 Å². The molecule has 0 aromatic heterocycles. The molecule has 2 aliphatic rings. The molecule has 8 aromatic carbocycles. The number of methoxy groups -OCH3 is 1. The second kappa shape index (κ2) is 21.4. The van der Waals surface area contributed by atoms with E-state index in [4.69, 9.17) is 44.5 Å². The zero-order chi connectivity index (χ0) is 50.1. The van der Waals surface area contributed by atoms with Crippen LogP contribution in [0.25, 0.3) is 4.85 Å². The molecule has 8 aromatic rings. The highest BCUT2D eigenvalue weighted by Gasteiger charge is 2.42. The maximum atomic E-state index is 13.7. The number of aromatic hydroxyl groups is 1. The minimum Gasteiger partial charge on any atom is -0.508 e. The number of ether oxygens (including phenoxy) is 8. The monoisotopic (exact) mass is 964 g/mol. The summed E-state index contributed by atoms with van der Waals surface area (Å²) in [6.45, 7) is 8.88. The van der Waals surface area contributed by atoms with Gasteiger partial charge >= 0.3 is 0 Å². The van der Waals surface area contributed by atoms with Gasteiger partial charge in [0.25, 0.3) is 0 Å². The van der Waals surface area contributed by atoms with Crippen molar-refractivity contribution in [2.75, 3.05) is 33.5 Å². The summed E-state index contributed by atoms with van der Waals surface area (Å²) in [5.41, 5.74) is 4.62. The molecule has 12 nitrogen and oxygen atoms in total. The minimum absolute atomic E-state index is 0.0918. The van der Waals surface area contributed by atoms with E-state index in [9.17, 15) is 23.9 Å². The molecule has 10 rings (SSSR count). The van der Waals surface area contributed by atoms with Crippen molar-refractivity contribution in [1.29, 1.82) is 5.26 Å². The molecule has 0 saturated carbocycles. The van der Waals surface area contributed by atoms with Gasteiger partial charge in [-0.25, -0.2) is 13.6 Å². The third-order valence-corrected chi connectivity index (χ3v) is 11.6. The Bertz CT molecular complexity index is 3250. The van der Waals surface area contributed by atoms with E-state index in [1.165, 1.54) is 36.4 Å². The molecule has 2 heterocycles. The molecule has 358 valence electrons. The molecule has 0 bridgehead atoms. The normalized spacial score (nSPS) is 14.2. The molecule has 0 atom stereocenters. The number of phenolic OH excluding ortho intramolecular Hbond substituents is 1. The van der Waals surface area contributed by atoms with Crippen LogP contribution in [0.15, 0.2) is 182 Å². The lowest BCUT2D eigenvalue weighted by Gasteiger charge is -2.28. The number of carbonyl (C=O) groups excluding carboxylic acids is 1. The van der Waals surface area contributed by atoms with Crippen molar-refractivity contribution in [2.45, 2.75) is 11.6 Å². The van der Waals surface area contributed by atoms with Crippen LogP contribution in [0.1, 0.15) is 43.7 Å². The lowest BCUT2D eigenvalue weighted by Crippen LogP contribution is -2.28. The molecule has 2 aliphatic heterocycles. The Balaban J connectivity index is 0.000000196. The molecular weight excluding hydrogens is 923 g/mol. The van der Waals surface area contributed by atoms with Crippen LogP contribution in [0.5, 0.6) is 46.0 Å². The quantitative estimate of drug-likeness (QED) is 0.0872. The topological polar surface area (TPSA) is 139 Å². The summed E-state index contributed by atoms with van der Waals surface area (Å²) in [7, 11) is 1.58. The van der Waals surface area contributed by atoms with E-state index in [0.29, 0.717) is 66.3 Å². The zero-order valence-electron chi connectivity index (χ0n) is 38.4. The van der Waals surface area contributed by atoms with Gasteiger partial charge in [-0.05, 0) is 170 Å². The molecule has 0 unspecified atom stereocenters. The van der Waals surface area contributed by atoms with Crippen molar-refractivity contribution in [3.63, 3.8) is 0 Å². The predicted molar refractivity (Wildman–Crippen MR) is 260 cm³/mol. The first-order chi connectivity index (χ1) is 35.1. The number of hydrogen-bond donors (Lipinski definition) is 1. The number of nitrogens with zero attached hydrogens (tertiary/aromatic N) is 2. The van der Waals surface area contributed by atoms with Gasteiger partial charge < -0.3 is 43.0 Å². The largest absolute Gasteiger partial charge is 0.508 e. The average Bonchev–Trinajstić information content (AvgIpc) is 4.13. The third-order valence-electron chi connectivity index (χ3n) is 11.6. The van der Waals surface area contributed by atoms with Gasteiger partial charge in [-0.15, -0.1) is 0 Å². The van der Waals surface area contributed by atoms with Gasteiger partial charge in [0, 0.05) is 45.5 Å². The van der Waals surface area contributed by atoms with Crippen molar-refractivity contribution in [2.24, 2.45) is 0 Å². The number of phenols is 1. The third kappa shape index (κ3) is 10.5. The smallest absolute Gasteiger partial charge is 0.228 e. The fourth-order valence-corrected chi connectivity index (χ4v) is 8.04. The zero-order valence-corrected chi connectivity index (χ0v) is 38.4. The second-order valence-electron chi connectivity index (χ2n) is 16.1. The molecule has 0 aliphatic carbocycles. The molecule has 0 amide bonds. The standard InChI is InChI=1S/C36H26FNO6.C22H16FNO4/c1-40-30-12-3-24(4-13-30)35(39)25-5-14-31(15-6-25)43-32-16-7-27(8-17-32)36(41-20-21-42-36)28-9-18-33(19-10-28)44-34-22-29(37)11-2-26(34)23-38;1-24-20-11-6-17(23)14-21(20)28-19-9-4-16(5-10-19)22(26-12-13-27-22)15-2-7-18(25)8-3-15/h2-19,22H,20-21H2,1H3;2-11,14,25H,12-13H2. The first kappa shape index (κ1) is 48.1. The van der Waals surface area contributed by atoms with Gasteiger partial charge in [0.2, 0.25) is 17.3 Å². The van der Waals surface area contributed by atoms with Gasteiger partial charge in [-0.3, -0.25) is 4.79 Å². The molecule has 14 heteroatoms. The van der Waals surface area contributed by atoms with E-state index in [2.05, 4.69) is 4.85 Å². The predicted octanol–water partition coefficient (Wildman–Crippen LogP) is 12.9. The van der Waals surface area contributed by atoms with Crippen molar-refractivity contribution in [1.82, 2.24) is 0 Å². The Hall–Kier alpha value is -8.89. The van der Waals surface area contributed by atoms with Crippen LogP contribution < -0.4 is 18.9 Å². The molecule has 2 fully saturated rings. The Morgan fingerprint density at radius 3 is 1.35 bits per heavy atom. The molecule has 2 saturated heterocycles. The summed E-state index contributed by atoms with van der Waals surface area (Å²) in [5.74, 6) is -0.0337. The lowest BCUT2D eigenvalue weighted by atomic mass is 9.97. The first-order valence-corrected chi connectivity index (χ1v) is 22.4. The molecule has 1 N–H and O–H groups in total.